The molecule has 19 heavy (non-hydrogen) atoms. The molecular formula is C9H3F6IN2O. The Morgan fingerprint density at radius 3 is 2.26 bits per heavy atom. The lowest BCUT2D eigenvalue weighted by molar-refractivity contribution is -0.276. The van der Waals surface area contributed by atoms with Crippen molar-refractivity contribution >= 4 is 22.6 Å². The summed E-state index contributed by atoms with van der Waals surface area (Å²) in [6, 6.07) is 2.49. The summed E-state index contributed by atoms with van der Waals surface area (Å²) >= 11 is 1.26. The maximum atomic E-state index is 12.6. The first kappa shape index (κ1) is 15.8. The van der Waals surface area contributed by atoms with Gasteiger partial charge in [-0.05, 0) is 28.7 Å². The maximum Gasteiger partial charge on any atom is 0.573 e. The van der Waals surface area contributed by atoms with Gasteiger partial charge in [0.25, 0.3) is 0 Å². The van der Waals surface area contributed by atoms with Crippen LogP contribution in [0.4, 0.5) is 26.3 Å². The summed E-state index contributed by atoms with van der Waals surface area (Å²) < 4.78 is 77.0. The zero-order chi connectivity index (χ0) is 14.8. The van der Waals surface area contributed by atoms with E-state index >= 15 is 0 Å². The molecule has 0 atom stereocenters. The average molecular weight is 396 g/mol. The molecule has 1 aromatic rings. The fourth-order valence-corrected chi connectivity index (χ4v) is 1.85. The summed E-state index contributed by atoms with van der Waals surface area (Å²) in [6.07, 6.45) is -10.8. The van der Waals surface area contributed by atoms with Crippen LogP contribution in [-0.4, -0.2) is 11.3 Å². The Hall–Kier alpha value is -1.25. The number of halogens is 7. The normalized spacial score (nSPS) is 12.1. The molecule has 1 rings (SSSR count). The molecule has 10 heteroatoms. The van der Waals surface area contributed by atoms with Crippen LogP contribution in [0.15, 0.2) is 6.07 Å². The monoisotopic (exact) mass is 396 g/mol. The number of alkyl halides is 6. The molecule has 0 radical (unpaired) electrons. The topological polar surface area (TPSA) is 45.9 Å². The van der Waals surface area contributed by atoms with Crippen LogP contribution in [0.5, 0.6) is 5.75 Å². The minimum absolute atomic E-state index is 0.284. The van der Waals surface area contributed by atoms with Crippen LogP contribution < -0.4 is 4.74 Å². The van der Waals surface area contributed by atoms with Crippen molar-refractivity contribution in [2.45, 2.75) is 19.0 Å². The number of nitriles is 1. The van der Waals surface area contributed by atoms with E-state index in [1.807, 2.05) is 0 Å². The average Bonchev–Trinajstić information content (AvgIpc) is 2.18. The van der Waals surface area contributed by atoms with Crippen molar-refractivity contribution in [1.82, 2.24) is 4.98 Å². The summed E-state index contributed by atoms with van der Waals surface area (Å²) in [5, 5.41) is 8.38. The van der Waals surface area contributed by atoms with Crippen molar-refractivity contribution in [2.24, 2.45) is 0 Å². The molecule has 0 aromatic carbocycles. The van der Waals surface area contributed by atoms with Crippen LogP contribution in [0.1, 0.15) is 11.4 Å². The summed E-state index contributed by atoms with van der Waals surface area (Å²) in [6.45, 7) is 0. The van der Waals surface area contributed by atoms with Crippen LogP contribution in [0.25, 0.3) is 0 Å². The predicted octanol–water partition coefficient (Wildman–Crippen LogP) is 3.67. The first-order valence-corrected chi connectivity index (χ1v) is 5.52. The van der Waals surface area contributed by atoms with Gasteiger partial charge in [0.15, 0.2) is 11.4 Å². The van der Waals surface area contributed by atoms with Gasteiger partial charge in [0, 0.05) is 0 Å². The first-order valence-electron chi connectivity index (χ1n) is 4.44. The van der Waals surface area contributed by atoms with Gasteiger partial charge in [-0.1, -0.05) is 0 Å². The lowest BCUT2D eigenvalue weighted by Crippen LogP contribution is -2.22. The molecular weight excluding hydrogens is 393 g/mol. The van der Waals surface area contributed by atoms with Crippen molar-refractivity contribution < 1.29 is 31.1 Å². The highest BCUT2D eigenvalue weighted by Gasteiger charge is 2.42. The van der Waals surface area contributed by atoms with Crippen LogP contribution in [0.3, 0.4) is 0 Å². The predicted molar refractivity (Wildman–Crippen MR) is 58.0 cm³/mol. The van der Waals surface area contributed by atoms with Crippen LogP contribution in [0, 0.1) is 14.9 Å². The molecule has 1 heterocycles. The minimum atomic E-state index is -5.27. The second-order valence-corrected chi connectivity index (χ2v) is 4.32. The summed E-state index contributed by atoms with van der Waals surface area (Å²) in [5.74, 6) is -1.41. The lowest BCUT2D eigenvalue weighted by Gasteiger charge is -2.16. The number of hydrogen-bond donors (Lipinski definition) is 0. The van der Waals surface area contributed by atoms with E-state index in [4.69, 9.17) is 5.26 Å². The van der Waals surface area contributed by atoms with E-state index in [0.717, 1.165) is 6.07 Å². The van der Waals surface area contributed by atoms with Crippen LogP contribution in [0.2, 0.25) is 0 Å². The Balaban J connectivity index is 3.40. The van der Waals surface area contributed by atoms with Gasteiger partial charge in [-0.15, -0.1) is 13.2 Å². The Morgan fingerprint density at radius 2 is 1.84 bits per heavy atom. The number of aromatic nitrogens is 1. The van der Waals surface area contributed by atoms with Crippen molar-refractivity contribution in [3.63, 3.8) is 0 Å². The van der Waals surface area contributed by atoms with E-state index in [1.165, 1.54) is 22.6 Å². The third-order valence-corrected chi connectivity index (χ3v) is 2.53. The van der Waals surface area contributed by atoms with Gasteiger partial charge in [0.2, 0.25) is 0 Å². The standard InChI is InChI=1S/C9H3F6IN2O/c10-8(11,12)7-6(19-9(13,14)15)5(16)3-4(18-7)1-2-17/h3H,1H2. The maximum absolute atomic E-state index is 12.6. The zero-order valence-corrected chi connectivity index (χ0v) is 10.9. The Morgan fingerprint density at radius 1 is 1.26 bits per heavy atom. The zero-order valence-electron chi connectivity index (χ0n) is 8.73. The second-order valence-electron chi connectivity index (χ2n) is 3.15. The molecule has 3 nitrogen and oxygen atoms in total. The Kier molecular flexibility index (Phi) is 4.49. The fraction of sp³-hybridized carbons (Fsp3) is 0.333. The van der Waals surface area contributed by atoms with Gasteiger partial charge in [-0.2, -0.15) is 18.4 Å². The highest BCUT2D eigenvalue weighted by molar-refractivity contribution is 14.1. The van der Waals surface area contributed by atoms with E-state index in [0.29, 0.717) is 0 Å². The lowest BCUT2D eigenvalue weighted by atomic mass is 10.2. The molecule has 0 saturated heterocycles. The third-order valence-electron chi connectivity index (χ3n) is 1.73. The van der Waals surface area contributed by atoms with E-state index in [9.17, 15) is 26.3 Å². The highest BCUT2D eigenvalue weighted by atomic mass is 127. The fourth-order valence-electron chi connectivity index (χ4n) is 1.13. The SMILES string of the molecule is N#CCc1cc(I)c(OC(F)(F)F)c(C(F)(F)F)n1. The van der Waals surface area contributed by atoms with Gasteiger partial charge >= 0.3 is 12.5 Å². The van der Waals surface area contributed by atoms with Gasteiger partial charge in [-0.3, -0.25) is 0 Å². The number of hydrogen-bond acceptors (Lipinski definition) is 3. The summed E-state index contributed by atoms with van der Waals surface area (Å²) in [5.41, 5.74) is -2.09. The summed E-state index contributed by atoms with van der Waals surface area (Å²) in [7, 11) is 0. The molecule has 0 aliphatic carbocycles. The van der Waals surface area contributed by atoms with Crippen LogP contribution >= 0.6 is 22.6 Å². The van der Waals surface area contributed by atoms with E-state index in [1.54, 1.807) is 6.07 Å². The highest BCUT2D eigenvalue weighted by Crippen LogP contribution is 2.40. The molecule has 0 N–H and O–H groups in total. The largest absolute Gasteiger partial charge is 0.573 e. The molecule has 0 saturated carbocycles. The van der Waals surface area contributed by atoms with Crippen molar-refractivity contribution in [3.05, 3.63) is 21.0 Å². The van der Waals surface area contributed by atoms with Crippen molar-refractivity contribution in [1.29, 1.82) is 5.26 Å². The van der Waals surface area contributed by atoms with Crippen LogP contribution in [-0.2, 0) is 12.6 Å². The van der Waals surface area contributed by atoms with E-state index in [2.05, 4.69) is 9.72 Å². The molecule has 0 spiro atoms. The molecule has 104 valence electrons. The number of pyridine rings is 1. The molecule has 1 aromatic heterocycles. The summed E-state index contributed by atoms with van der Waals surface area (Å²) in [4.78, 5) is 3.00. The molecule has 0 amide bonds. The van der Waals surface area contributed by atoms with Crippen molar-refractivity contribution in [2.75, 3.05) is 0 Å². The van der Waals surface area contributed by atoms with E-state index in [-0.39, 0.29) is 5.69 Å². The molecule has 0 bridgehead atoms. The van der Waals surface area contributed by atoms with Gasteiger partial charge in [-0.25, -0.2) is 4.98 Å². The quantitative estimate of drug-likeness (QED) is 0.567. The Bertz CT molecular complexity index is 519. The molecule has 0 aliphatic rings. The number of rotatable bonds is 2. The second kappa shape index (κ2) is 5.40. The van der Waals surface area contributed by atoms with Gasteiger partial charge in [0.05, 0.1) is 21.8 Å². The van der Waals surface area contributed by atoms with E-state index < -0.39 is 34.0 Å². The smallest absolute Gasteiger partial charge is 0.402 e. The van der Waals surface area contributed by atoms with Gasteiger partial charge in [0.1, 0.15) is 0 Å². The number of nitrogens with zero attached hydrogens (tertiary/aromatic N) is 2. The van der Waals surface area contributed by atoms with Gasteiger partial charge < -0.3 is 4.74 Å². The van der Waals surface area contributed by atoms with Crippen molar-refractivity contribution in [3.8, 4) is 11.8 Å². The molecule has 0 fully saturated rings. The first-order chi connectivity index (χ1) is 8.54. The number of ether oxygens (including phenoxy) is 1. The minimum Gasteiger partial charge on any atom is -0.402 e. The third kappa shape index (κ3) is 4.41. The Labute approximate surface area is 116 Å². The molecule has 0 aliphatic heterocycles. The molecule has 0 unspecified atom stereocenters.